The number of ketones is 1. The fourth-order valence-electron chi connectivity index (χ4n) is 1.57. The Morgan fingerprint density at radius 3 is 2.44 bits per heavy atom. The fourth-order valence-corrected chi connectivity index (χ4v) is 1.57. The molecule has 18 heavy (non-hydrogen) atoms. The van der Waals surface area contributed by atoms with Crippen molar-refractivity contribution in [2.45, 2.75) is 26.7 Å². The lowest BCUT2D eigenvalue weighted by atomic mass is 10.0. The third kappa shape index (κ3) is 3.91. The molecule has 0 amide bonds. The number of carbonyl (C=O) groups is 2. The van der Waals surface area contributed by atoms with Crippen LogP contribution < -0.4 is 0 Å². The molecule has 0 unspecified atom stereocenters. The van der Waals surface area contributed by atoms with Crippen LogP contribution in [0.1, 0.15) is 41.8 Å². The van der Waals surface area contributed by atoms with Gasteiger partial charge in [-0.05, 0) is 37.6 Å². The number of ether oxygens (including phenoxy) is 1. The van der Waals surface area contributed by atoms with Crippen LogP contribution in [0, 0.1) is 0 Å². The molecule has 0 aromatic heterocycles. The van der Waals surface area contributed by atoms with E-state index in [9.17, 15) is 18.4 Å². The maximum atomic E-state index is 12.7. The highest BCUT2D eigenvalue weighted by molar-refractivity contribution is 5.90. The Kier molecular flexibility index (Phi) is 4.95. The molecular formula is C13H14F2O3. The van der Waals surface area contributed by atoms with Gasteiger partial charge in [-0.15, -0.1) is 0 Å². The lowest BCUT2D eigenvalue weighted by Crippen LogP contribution is -2.07. The maximum Gasteiger partial charge on any atom is 0.338 e. The second kappa shape index (κ2) is 6.23. The average Bonchev–Trinajstić information content (AvgIpc) is 2.27. The molecule has 0 spiro atoms. The summed E-state index contributed by atoms with van der Waals surface area (Å²) in [6, 6.07) is 3.73. The second-order valence-corrected chi connectivity index (χ2v) is 3.86. The molecule has 1 rings (SSSR count). The lowest BCUT2D eigenvalue weighted by molar-refractivity contribution is -0.116. The minimum absolute atomic E-state index is 0.0208. The van der Waals surface area contributed by atoms with Gasteiger partial charge >= 0.3 is 5.97 Å². The van der Waals surface area contributed by atoms with Crippen LogP contribution in [0.2, 0.25) is 0 Å². The first-order valence-corrected chi connectivity index (χ1v) is 5.52. The molecule has 0 fully saturated rings. The molecule has 0 aliphatic rings. The third-order valence-electron chi connectivity index (χ3n) is 2.23. The highest BCUT2D eigenvalue weighted by Gasteiger charge is 2.15. The predicted octanol–water partition coefficient (Wildman–Crippen LogP) is 2.93. The van der Waals surface area contributed by atoms with Crippen molar-refractivity contribution in [2.75, 3.05) is 6.61 Å². The van der Waals surface area contributed by atoms with E-state index < -0.39 is 12.4 Å². The zero-order chi connectivity index (χ0) is 13.7. The number of carbonyl (C=O) groups excluding carboxylic acids is 2. The van der Waals surface area contributed by atoms with Gasteiger partial charge in [-0.25, -0.2) is 13.6 Å². The van der Waals surface area contributed by atoms with Crippen molar-refractivity contribution in [3.63, 3.8) is 0 Å². The topological polar surface area (TPSA) is 43.4 Å². The number of rotatable bonds is 5. The molecule has 1 aromatic rings. The van der Waals surface area contributed by atoms with Crippen molar-refractivity contribution >= 4 is 11.8 Å². The molecule has 0 aliphatic carbocycles. The zero-order valence-electron chi connectivity index (χ0n) is 10.2. The van der Waals surface area contributed by atoms with Crippen molar-refractivity contribution in [1.29, 1.82) is 0 Å². The van der Waals surface area contributed by atoms with E-state index in [0.717, 1.165) is 6.07 Å². The summed E-state index contributed by atoms with van der Waals surface area (Å²) < 4.78 is 30.1. The van der Waals surface area contributed by atoms with Gasteiger partial charge in [0.25, 0.3) is 6.43 Å². The summed E-state index contributed by atoms with van der Waals surface area (Å²) >= 11 is 0. The van der Waals surface area contributed by atoms with Crippen LogP contribution in [0.25, 0.3) is 0 Å². The van der Waals surface area contributed by atoms with Gasteiger partial charge in [0.15, 0.2) is 0 Å². The molecular weight excluding hydrogens is 242 g/mol. The molecule has 0 heterocycles. The monoisotopic (exact) mass is 256 g/mol. The normalized spacial score (nSPS) is 10.5. The van der Waals surface area contributed by atoms with Crippen molar-refractivity contribution in [1.82, 2.24) is 0 Å². The highest BCUT2D eigenvalue weighted by atomic mass is 19.3. The van der Waals surface area contributed by atoms with Gasteiger partial charge in [-0.3, -0.25) is 4.79 Å². The predicted molar refractivity (Wildman–Crippen MR) is 61.7 cm³/mol. The van der Waals surface area contributed by atoms with Crippen LogP contribution in [0.3, 0.4) is 0 Å². The van der Waals surface area contributed by atoms with E-state index >= 15 is 0 Å². The van der Waals surface area contributed by atoms with Gasteiger partial charge in [-0.2, -0.15) is 0 Å². The zero-order valence-corrected chi connectivity index (χ0v) is 10.2. The van der Waals surface area contributed by atoms with Crippen molar-refractivity contribution in [3.05, 3.63) is 34.9 Å². The minimum Gasteiger partial charge on any atom is -0.462 e. The molecule has 0 radical (unpaired) electrons. The Hall–Kier alpha value is -1.78. The van der Waals surface area contributed by atoms with Gasteiger partial charge in [0.05, 0.1) is 12.2 Å². The molecule has 0 aliphatic heterocycles. The first kappa shape index (κ1) is 14.3. The van der Waals surface area contributed by atoms with E-state index in [1.807, 2.05) is 0 Å². The second-order valence-electron chi connectivity index (χ2n) is 3.86. The Labute approximate surface area is 104 Å². The number of esters is 1. The molecule has 0 bridgehead atoms. The third-order valence-corrected chi connectivity index (χ3v) is 2.23. The Morgan fingerprint density at radius 2 is 1.94 bits per heavy atom. The summed E-state index contributed by atoms with van der Waals surface area (Å²) in [5, 5.41) is 0. The van der Waals surface area contributed by atoms with Gasteiger partial charge in [-0.1, -0.05) is 0 Å². The summed E-state index contributed by atoms with van der Waals surface area (Å²) in [6.07, 6.45) is -2.67. The van der Waals surface area contributed by atoms with Gasteiger partial charge in [0, 0.05) is 12.0 Å². The number of hydrogen-bond acceptors (Lipinski definition) is 3. The van der Waals surface area contributed by atoms with Crippen LogP contribution in [0.15, 0.2) is 18.2 Å². The van der Waals surface area contributed by atoms with E-state index in [2.05, 4.69) is 0 Å². The van der Waals surface area contributed by atoms with Crippen LogP contribution in [-0.4, -0.2) is 18.4 Å². The largest absolute Gasteiger partial charge is 0.462 e. The molecule has 0 atom stereocenters. The lowest BCUT2D eigenvalue weighted by Gasteiger charge is -2.08. The van der Waals surface area contributed by atoms with E-state index in [4.69, 9.17) is 4.74 Å². The molecule has 0 saturated carbocycles. The van der Waals surface area contributed by atoms with Crippen molar-refractivity contribution in [3.8, 4) is 0 Å². The summed E-state index contributed by atoms with van der Waals surface area (Å²) in [6.45, 7) is 3.16. The first-order chi connectivity index (χ1) is 8.43. The number of halogens is 2. The number of alkyl halides is 2. The summed E-state index contributed by atoms with van der Waals surface area (Å²) in [5.41, 5.74) is 0.158. The Bertz CT molecular complexity index is 456. The van der Waals surface area contributed by atoms with Crippen LogP contribution in [0.5, 0.6) is 0 Å². The molecule has 98 valence electrons. The smallest absolute Gasteiger partial charge is 0.338 e. The van der Waals surface area contributed by atoms with E-state index in [-0.39, 0.29) is 29.9 Å². The first-order valence-electron chi connectivity index (χ1n) is 5.52. The SMILES string of the molecule is CCOC(=O)c1cc(CC(C)=O)cc(C(F)F)c1. The van der Waals surface area contributed by atoms with Crippen LogP contribution in [0.4, 0.5) is 8.78 Å². The van der Waals surface area contributed by atoms with Crippen LogP contribution in [-0.2, 0) is 16.0 Å². The fraction of sp³-hybridized carbons (Fsp3) is 0.385. The van der Waals surface area contributed by atoms with E-state index in [1.54, 1.807) is 6.92 Å². The van der Waals surface area contributed by atoms with Gasteiger partial charge in [0.1, 0.15) is 5.78 Å². The Balaban J connectivity index is 3.13. The molecule has 5 heteroatoms. The van der Waals surface area contributed by atoms with Crippen molar-refractivity contribution in [2.24, 2.45) is 0 Å². The molecule has 0 N–H and O–H groups in total. The minimum atomic E-state index is -2.69. The van der Waals surface area contributed by atoms with Crippen LogP contribution >= 0.6 is 0 Å². The molecule has 0 saturated heterocycles. The van der Waals surface area contributed by atoms with Gasteiger partial charge in [0.2, 0.25) is 0 Å². The number of hydrogen-bond donors (Lipinski definition) is 0. The average molecular weight is 256 g/mol. The van der Waals surface area contributed by atoms with E-state index in [0.29, 0.717) is 5.56 Å². The summed E-state index contributed by atoms with van der Waals surface area (Å²) in [7, 11) is 0. The quantitative estimate of drug-likeness (QED) is 0.761. The summed E-state index contributed by atoms with van der Waals surface area (Å²) in [4.78, 5) is 22.5. The van der Waals surface area contributed by atoms with Crippen molar-refractivity contribution < 1.29 is 23.1 Å². The highest BCUT2D eigenvalue weighted by Crippen LogP contribution is 2.22. The summed E-state index contributed by atoms with van der Waals surface area (Å²) in [5.74, 6) is -0.818. The molecule has 3 nitrogen and oxygen atoms in total. The number of Topliss-reactive ketones (excluding diaryl/α,β-unsaturated/α-hetero) is 1. The van der Waals surface area contributed by atoms with Gasteiger partial charge < -0.3 is 4.74 Å². The van der Waals surface area contributed by atoms with E-state index in [1.165, 1.54) is 19.1 Å². The maximum absolute atomic E-state index is 12.7. The Morgan fingerprint density at radius 1 is 1.28 bits per heavy atom. The standard InChI is InChI=1S/C13H14F2O3/c1-3-18-13(17)11-6-9(4-8(2)16)5-10(7-11)12(14)15/h5-7,12H,3-4H2,1-2H3. The number of benzene rings is 1. The molecule has 1 aromatic carbocycles.